The van der Waals surface area contributed by atoms with Gasteiger partial charge in [0.2, 0.25) is 0 Å². The van der Waals surface area contributed by atoms with Crippen LogP contribution in [0.2, 0.25) is 0 Å². The molecule has 4 heteroatoms. The molecular formula is C13H21BrN2S. The van der Waals surface area contributed by atoms with E-state index in [0.29, 0.717) is 11.3 Å². The summed E-state index contributed by atoms with van der Waals surface area (Å²) in [6.07, 6.45) is 2.18. The predicted molar refractivity (Wildman–Crippen MR) is 81.2 cm³/mol. The lowest BCUT2D eigenvalue weighted by Gasteiger charge is -2.17. The zero-order chi connectivity index (χ0) is 12.7. The summed E-state index contributed by atoms with van der Waals surface area (Å²) in [5.41, 5.74) is 4.23. The number of nitrogens with one attached hydrogen (secondary N) is 1. The van der Waals surface area contributed by atoms with E-state index in [4.69, 9.17) is 5.84 Å². The normalized spacial score (nSPS) is 14.6. The van der Waals surface area contributed by atoms with Gasteiger partial charge in [0.1, 0.15) is 0 Å². The van der Waals surface area contributed by atoms with E-state index in [1.54, 1.807) is 0 Å². The summed E-state index contributed by atoms with van der Waals surface area (Å²) in [5.74, 6) is 6.66. The largest absolute Gasteiger partial charge is 0.271 e. The number of thioether (sulfide) groups is 1. The Morgan fingerprint density at radius 2 is 2.24 bits per heavy atom. The molecule has 0 bridgehead atoms. The van der Waals surface area contributed by atoms with E-state index in [2.05, 4.69) is 53.4 Å². The average Bonchev–Trinajstić information content (AvgIpc) is 2.34. The van der Waals surface area contributed by atoms with E-state index < -0.39 is 0 Å². The molecule has 1 aromatic carbocycles. The van der Waals surface area contributed by atoms with Crippen LogP contribution in [0.25, 0.3) is 0 Å². The van der Waals surface area contributed by atoms with Gasteiger partial charge in [-0.05, 0) is 30.5 Å². The summed E-state index contributed by atoms with van der Waals surface area (Å²) in [5, 5.41) is 0.702. The summed E-state index contributed by atoms with van der Waals surface area (Å²) in [6.45, 7) is 4.48. The number of hydrogen-bond acceptors (Lipinski definition) is 3. The first kappa shape index (κ1) is 15.0. The highest BCUT2D eigenvalue weighted by atomic mass is 79.9. The second kappa shape index (κ2) is 8.14. The first-order valence-corrected chi connectivity index (χ1v) is 7.82. The lowest BCUT2D eigenvalue weighted by atomic mass is 10.1. The molecule has 2 nitrogen and oxygen atoms in total. The summed E-state index contributed by atoms with van der Waals surface area (Å²) in [7, 11) is 0. The number of benzene rings is 1. The summed E-state index contributed by atoms with van der Waals surface area (Å²) < 4.78 is 1.13. The summed E-state index contributed by atoms with van der Waals surface area (Å²) in [6, 6.07) is 8.74. The molecule has 3 N–H and O–H groups in total. The number of nitrogens with two attached hydrogens (primary N) is 1. The van der Waals surface area contributed by atoms with Crippen LogP contribution < -0.4 is 11.3 Å². The molecule has 17 heavy (non-hydrogen) atoms. The Hall–Kier alpha value is -0.0300. The third-order valence-electron chi connectivity index (χ3n) is 2.76. The van der Waals surface area contributed by atoms with Crippen LogP contribution in [0.4, 0.5) is 0 Å². The molecule has 1 rings (SSSR count). The van der Waals surface area contributed by atoms with Crippen LogP contribution in [0.3, 0.4) is 0 Å². The highest BCUT2D eigenvalue weighted by Gasteiger charge is 2.10. The minimum Gasteiger partial charge on any atom is -0.271 e. The van der Waals surface area contributed by atoms with E-state index in [1.165, 1.54) is 12.0 Å². The van der Waals surface area contributed by atoms with Gasteiger partial charge in [-0.2, -0.15) is 11.8 Å². The number of hydrazine groups is 1. The zero-order valence-electron chi connectivity index (χ0n) is 10.4. The molecule has 0 saturated carbocycles. The van der Waals surface area contributed by atoms with Crippen LogP contribution in [-0.2, 0) is 6.42 Å². The lowest BCUT2D eigenvalue weighted by molar-refractivity contribution is 0.574. The fourth-order valence-electron chi connectivity index (χ4n) is 1.51. The monoisotopic (exact) mass is 316 g/mol. The van der Waals surface area contributed by atoms with E-state index in [0.717, 1.165) is 16.6 Å². The zero-order valence-corrected chi connectivity index (χ0v) is 12.9. The van der Waals surface area contributed by atoms with Crippen LogP contribution in [0, 0.1) is 0 Å². The highest BCUT2D eigenvalue weighted by Crippen LogP contribution is 2.17. The maximum atomic E-state index is 5.61. The van der Waals surface area contributed by atoms with Gasteiger partial charge in [-0.25, -0.2) is 0 Å². The van der Waals surface area contributed by atoms with Crippen LogP contribution in [0.5, 0.6) is 0 Å². The SMILES string of the molecule is CCC(C)SCC(Cc1cccc(Br)c1)NN. The standard InChI is InChI=1S/C13H21BrN2S/c1-3-10(2)17-9-13(16-15)8-11-5-4-6-12(14)7-11/h4-7,10,13,16H,3,8-9,15H2,1-2H3. The number of hydrogen-bond donors (Lipinski definition) is 2. The van der Waals surface area contributed by atoms with E-state index in [9.17, 15) is 0 Å². The average molecular weight is 317 g/mol. The van der Waals surface area contributed by atoms with Gasteiger partial charge in [-0.15, -0.1) is 0 Å². The fraction of sp³-hybridized carbons (Fsp3) is 0.538. The third-order valence-corrected chi connectivity index (χ3v) is 4.75. The molecule has 0 aliphatic heterocycles. The first-order chi connectivity index (χ1) is 8.15. The molecule has 0 fully saturated rings. The summed E-state index contributed by atoms with van der Waals surface area (Å²) >= 11 is 5.47. The van der Waals surface area contributed by atoms with Gasteiger partial charge >= 0.3 is 0 Å². The molecule has 0 aromatic heterocycles. The Morgan fingerprint density at radius 3 is 2.82 bits per heavy atom. The minimum absolute atomic E-state index is 0.336. The second-order valence-corrected chi connectivity index (χ2v) is 6.64. The maximum absolute atomic E-state index is 5.61. The van der Waals surface area contributed by atoms with Gasteiger partial charge in [0.05, 0.1) is 0 Å². The smallest absolute Gasteiger partial charge is 0.0341 e. The van der Waals surface area contributed by atoms with Crippen LogP contribution in [0.1, 0.15) is 25.8 Å². The quantitative estimate of drug-likeness (QED) is 0.598. The van der Waals surface area contributed by atoms with E-state index in [1.807, 2.05) is 17.8 Å². The van der Waals surface area contributed by atoms with Crippen molar-refractivity contribution >= 4 is 27.7 Å². The molecule has 0 heterocycles. The van der Waals surface area contributed by atoms with Crippen LogP contribution in [0.15, 0.2) is 28.7 Å². The van der Waals surface area contributed by atoms with Crippen molar-refractivity contribution in [3.8, 4) is 0 Å². The van der Waals surface area contributed by atoms with Gasteiger partial charge in [0.15, 0.2) is 0 Å². The topological polar surface area (TPSA) is 38.0 Å². The Kier molecular flexibility index (Phi) is 7.19. The molecule has 0 spiro atoms. The van der Waals surface area contributed by atoms with Gasteiger partial charge in [0, 0.05) is 21.5 Å². The first-order valence-electron chi connectivity index (χ1n) is 5.97. The maximum Gasteiger partial charge on any atom is 0.0341 e. The molecule has 0 aliphatic carbocycles. The van der Waals surface area contributed by atoms with Crippen molar-refractivity contribution in [1.82, 2.24) is 5.43 Å². The van der Waals surface area contributed by atoms with Crippen molar-refractivity contribution in [3.05, 3.63) is 34.3 Å². The van der Waals surface area contributed by atoms with Crippen molar-refractivity contribution in [2.45, 2.75) is 38.0 Å². The summed E-state index contributed by atoms with van der Waals surface area (Å²) in [4.78, 5) is 0. The van der Waals surface area contributed by atoms with Crippen molar-refractivity contribution in [1.29, 1.82) is 0 Å². The molecule has 0 aliphatic rings. The lowest BCUT2D eigenvalue weighted by Crippen LogP contribution is -2.39. The van der Waals surface area contributed by atoms with E-state index in [-0.39, 0.29) is 0 Å². The van der Waals surface area contributed by atoms with Crippen LogP contribution >= 0.6 is 27.7 Å². The third kappa shape index (κ3) is 5.91. The van der Waals surface area contributed by atoms with Crippen molar-refractivity contribution in [2.75, 3.05) is 5.75 Å². The minimum atomic E-state index is 0.336. The second-order valence-electron chi connectivity index (χ2n) is 4.25. The Balaban J connectivity index is 2.46. The number of rotatable bonds is 7. The predicted octanol–water partition coefficient (Wildman–Crippen LogP) is 3.36. The molecule has 0 radical (unpaired) electrons. The fourth-order valence-corrected chi connectivity index (χ4v) is 2.97. The molecule has 0 saturated heterocycles. The molecule has 2 unspecified atom stereocenters. The van der Waals surface area contributed by atoms with Gasteiger partial charge in [0.25, 0.3) is 0 Å². The van der Waals surface area contributed by atoms with Crippen molar-refractivity contribution in [2.24, 2.45) is 5.84 Å². The molecule has 0 amide bonds. The molecule has 1 aromatic rings. The van der Waals surface area contributed by atoms with Gasteiger partial charge < -0.3 is 0 Å². The van der Waals surface area contributed by atoms with Crippen molar-refractivity contribution in [3.63, 3.8) is 0 Å². The Bertz CT molecular complexity index is 333. The Labute approximate surface area is 117 Å². The molecule has 96 valence electrons. The van der Waals surface area contributed by atoms with Gasteiger partial charge in [-0.3, -0.25) is 11.3 Å². The Morgan fingerprint density at radius 1 is 1.47 bits per heavy atom. The molecular weight excluding hydrogens is 296 g/mol. The molecule has 2 atom stereocenters. The van der Waals surface area contributed by atoms with Crippen LogP contribution in [-0.4, -0.2) is 17.0 Å². The number of halogens is 1. The van der Waals surface area contributed by atoms with E-state index >= 15 is 0 Å². The van der Waals surface area contributed by atoms with Gasteiger partial charge in [-0.1, -0.05) is 41.9 Å². The highest BCUT2D eigenvalue weighted by molar-refractivity contribution is 9.10. The van der Waals surface area contributed by atoms with Crippen molar-refractivity contribution < 1.29 is 0 Å².